The summed E-state index contributed by atoms with van der Waals surface area (Å²) in [5.41, 5.74) is 4.90. The van der Waals surface area contributed by atoms with Gasteiger partial charge in [-0.25, -0.2) is 8.78 Å². The van der Waals surface area contributed by atoms with E-state index in [0.29, 0.717) is 30.8 Å². The van der Waals surface area contributed by atoms with Crippen LogP contribution in [0.5, 0.6) is 0 Å². The second-order valence-corrected chi connectivity index (χ2v) is 4.37. The van der Waals surface area contributed by atoms with E-state index in [9.17, 15) is 8.78 Å². The van der Waals surface area contributed by atoms with Crippen LogP contribution in [0.4, 0.5) is 8.78 Å². The zero-order chi connectivity index (χ0) is 12.9. The van der Waals surface area contributed by atoms with E-state index < -0.39 is 12.6 Å². The van der Waals surface area contributed by atoms with Gasteiger partial charge in [-0.05, 0) is 0 Å². The molecule has 0 aliphatic carbocycles. The zero-order valence-electron chi connectivity index (χ0n) is 9.61. The Labute approximate surface area is 110 Å². The Morgan fingerprint density at radius 3 is 2.59 bits per heavy atom. The number of ether oxygens (including phenoxy) is 2. The van der Waals surface area contributed by atoms with Gasteiger partial charge in [-0.1, -0.05) is 0 Å². The van der Waals surface area contributed by atoms with E-state index in [1.165, 1.54) is 11.8 Å². The Balaban J connectivity index is 3.11. The first-order valence-electron chi connectivity index (χ1n) is 5.28. The van der Waals surface area contributed by atoms with Crippen LogP contribution in [0.25, 0.3) is 0 Å². The van der Waals surface area contributed by atoms with E-state index in [4.69, 9.17) is 15.2 Å². The van der Waals surface area contributed by atoms with Crippen molar-refractivity contribution in [2.24, 2.45) is 5.73 Å². The number of nitrogens with one attached hydrogen (secondary N) is 1. The molecule has 2 unspecified atom stereocenters. The first-order chi connectivity index (χ1) is 8.16. The van der Waals surface area contributed by atoms with Gasteiger partial charge >= 0.3 is 0 Å². The van der Waals surface area contributed by atoms with Gasteiger partial charge in [0.05, 0.1) is 25.1 Å². The lowest BCUT2D eigenvalue weighted by Crippen LogP contribution is -2.26. The number of nitrogens with two attached hydrogens (primary N) is 1. The SMILES string of the molecule is NC(F)CCOCSCNC(F)CCOCS. The molecule has 0 aliphatic heterocycles. The third-order valence-corrected chi connectivity index (χ3v) is 2.61. The minimum atomic E-state index is -1.33. The fourth-order valence-electron chi connectivity index (χ4n) is 0.858. The van der Waals surface area contributed by atoms with Crippen LogP contribution in [0.1, 0.15) is 12.8 Å². The van der Waals surface area contributed by atoms with Gasteiger partial charge in [0.2, 0.25) is 0 Å². The van der Waals surface area contributed by atoms with Gasteiger partial charge in [0.25, 0.3) is 0 Å². The molecule has 3 N–H and O–H groups in total. The van der Waals surface area contributed by atoms with Crippen LogP contribution in [-0.2, 0) is 9.47 Å². The standard InChI is InChI=1S/C9H20F2N2O2S2/c10-8(12)1-3-15-7-17-5-13-9(11)2-4-14-6-16/h8-9,13,16H,1-7,12H2. The summed E-state index contributed by atoms with van der Waals surface area (Å²) in [4.78, 5) is 0. The lowest BCUT2D eigenvalue weighted by atomic mass is 10.4. The van der Waals surface area contributed by atoms with Crippen molar-refractivity contribution < 1.29 is 18.3 Å². The maximum Gasteiger partial charge on any atom is 0.154 e. The molecule has 0 fully saturated rings. The van der Waals surface area contributed by atoms with Crippen molar-refractivity contribution in [2.45, 2.75) is 25.4 Å². The monoisotopic (exact) mass is 290 g/mol. The lowest BCUT2D eigenvalue weighted by Gasteiger charge is -2.10. The fourth-order valence-corrected chi connectivity index (χ4v) is 1.61. The highest BCUT2D eigenvalue weighted by atomic mass is 32.2. The van der Waals surface area contributed by atoms with Crippen molar-refractivity contribution in [1.82, 2.24) is 5.32 Å². The molecule has 0 aromatic rings. The third-order valence-electron chi connectivity index (χ3n) is 1.72. The van der Waals surface area contributed by atoms with Crippen LogP contribution >= 0.6 is 24.4 Å². The molecule has 0 amide bonds. The molecule has 0 rings (SSSR count). The summed E-state index contributed by atoms with van der Waals surface area (Å²) in [7, 11) is 0. The van der Waals surface area contributed by atoms with E-state index in [1.54, 1.807) is 0 Å². The minimum Gasteiger partial charge on any atom is -0.371 e. The number of hydrogen-bond acceptors (Lipinski definition) is 6. The van der Waals surface area contributed by atoms with E-state index in [0.717, 1.165) is 0 Å². The van der Waals surface area contributed by atoms with Crippen LogP contribution in [0.3, 0.4) is 0 Å². The number of rotatable bonds is 12. The van der Waals surface area contributed by atoms with E-state index in [2.05, 4.69) is 17.9 Å². The Kier molecular flexibility index (Phi) is 13.1. The quantitative estimate of drug-likeness (QED) is 0.220. The average Bonchev–Trinajstić information content (AvgIpc) is 2.28. The van der Waals surface area contributed by atoms with Crippen molar-refractivity contribution in [3.63, 3.8) is 0 Å². The van der Waals surface area contributed by atoms with Gasteiger partial charge in [0.15, 0.2) is 12.6 Å². The number of thiol groups is 1. The van der Waals surface area contributed by atoms with Crippen molar-refractivity contribution >= 4 is 24.4 Å². The first-order valence-corrected chi connectivity index (χ1v) is 7.06. The Morgan fingerprint density at radius 1 is 1.24 bits per heavy atom. The Hall–Kier alpha value is 0.400. The predicted molar refractivity (Wildman–Crippen MR) is 69.4 cm³/mol. The Morgan fingerprint density at radius 2 is 1.94 bits per heavy atom. The molecule has 8 heteroatoms. The van der Waals surface area contributed by atoms with Crippen molar-refractivity contribution in [2.75, 3.05) is 31.0 Å². The van der Waals surface area contributed by atoms with Crippen molar-refractivity contribution in [3.05, 3.63) is 0 Å². The normalized spacial score (nSPS) is 14.8. The summed E-state index contributed by atoms with van der Waals surface area (Å²) < 4.78 is 35.2. The smallest absolute Gasteiger partial charge is 0.154 e. The summed E-state index contributed by atoms with van der Waals surface area (Å²) in [5.74, 6) is 1.12. The predicted octanol–water partition coefficient (Wildman–Crippen LogP) is 1.47. The summed E-state index contributed by atoms with van der Waals surface area (Å²) >= 11 is 5.21. The molecule has 0 saturated heterocycles. The molecule has 0 heterocycles. The van der Waals surface area contributed by atoms with Gasteiger partial charge in [0, 0.05) is 18.7 Å². The molecule has 2 atom stereocenters. The van der Waals surface area contributed by atoms with Crippen molar-refractivity contribution in [1.29, 1.82) is 0 Å². The third kappa shape index (κ3) is 14.3. The molecule has 104 valence electrons. The van der Waals surface area contributed by atoms with Crippen LogP contribution < -0.4 is 11.1 Å². The summed E-state index contributed by atoms with van der Waals surface area (Å²) in [6, 6.07) is 0. The highest BCUT2D eigenvalue weighted by molar-refractivity contribution is 7.99. The van der Waals surface area contributed by atoms with Gasteiger partial charge < -0.3 is 15.2 Å². The van der Waals surface area contributed by atoms with Gasteiger partial charge in [-0.15, -0.1) is 11.8 Å². The second kappa shape index (κ2) is 12.8. The number of halogens is 2. The van der Waals surface area contributed by atoms with Gasteiger partial charge in [-0.2, -0.15) is 12.6 Å². The topological polar surface area (TPSA) is 56.5 Å². The number of alkyl halides is 2. The van der Waals surface area contributed by atoms with Crippen molar-refractivity contribution in [3.8, 4) is 0 Å². The molecule has 0 saturated carbocycles. The van der Waals surface area contributed by atoms with Gasteiger partial charge in [0.1, 0.15) is 0 Å². The minimum absolute atomic E-state index is 0.181. The highest BCUT2D eigenvalue weighted by Gasteiger charge is 2.04. The summed E-state index contributed by atoms with van der Waals surface area (Å²) in [5, 5.41) is 2.65. The number of hydrogen-bond donors (Lipinski definition) is 3. The molecular weight excluding hydrogens is 270 g/mol. The first kappa shape index (κ1) is 17.4. The number of thioether (sulfide) groups is 1. The molecule has 0 bridgehead atoms. The molecule has 0 radical (unpaired) electrons. The molecule has 4 nitrogen and oxygen atoms in total. The molecule has 17 heavy (non-hydrogen) atoms. The van der Waals surface area contributed by atoms with E-state index >= 15 is 0 Å². The van der Waals surface area contributed by atoms with E-state index in [-0.39, 0.29) is 13.0 Å². The Bertz CT molecular complexity index is 170. The molecule has 0 spiro atoms. The average molecular weight is 290 g/mol. The van der Waals surface area contributed by atoms with Crippen LogP contribution in [-0.4, -0.2) is 43.6 Å². The van der Waals surface area contributed by atoms with Crippen LogP contribution in [0.2, 0.25) is 0 Å². The zero-order valence-corrected chi connectivity index (χ0v) is 11.3. The molecule has 0 aliphatic rings. The van der Waals surface area contributed by atoms with Crippen LogP contribution in [0.15, 0.2) is 0 Å². The maximum atomic E-state index is 13.1. The molecule has 0 aromatic heterocycles. The summed E-state index contributed by atoms with van der Waals surface area (Å²) in [6.45, 7) is 0.618. The second-order valence-electron chi connectivity index (χ2n) is 3.18. The van der Waals surface area contributed by atoms with Crippen LogP contribution in [0, 0.1) is 0 Å². The fraction of sp³-hybridized carbons (Fsp3) is 1.00. The largest absolute Gasteiger partial charge is 0.371 e. The lowest BCUT2D eigenvalue weighted by molar-refractivity contribution is 0.140. The summed E-state index contributed by atoms with van der Waals surface area (Å²) in [6.07, 6.45) is -1.96. The molecular formula is C9H20F2N2O2S2. The molecule has 0 aromatic carbocycles. The highest BCUT2D eigenvalue weighted by Crippen LogP contribution is 2.02. The van der Waals surface area contributed by atoms with Gasteiger partial charge in [-0.3, -0.25) is 5.32 Å². The van der Waals surface area contributed by atoms with E-state index in [1.807, 2.05) is 0 Å². The maximum absolute atomic E-state index is 13.1.